The van der Waals surface area contributed by atoms with Gasteiger partial charge in [-0.05, 0) is 19.3 Å². The first kappa shape index (κ1) is 23.1. The third-order valence-corrected chi connectivity index (χ3v) is 5.39. The average molecular weight is 368 g/mol. The molecule has 2 N–H and O–H groups in total. The van der Waals surface area contributed by atoms with Gasteiger partial charge in [0.25, 0.3) is 0 Å². The molecule has 0 bridgehead atoms. The quantitative estimate of drug-likeness (QED) is 0.200. The van der Waals surface area contributed by atoms with Crippen LogP contribution in [0, 0.1) is 0 Å². The van der Waals surface area contributed by atoms with Gasteiger partial charge in [-0.25, -0.2) is 4.79 Å². The summed E-state index contributed by atoms with van der Waals surface area (Å²) in [5, 5.41) is 0. The van der Waals surface area contributed by atoms with Crippen LogP contribution in [-0.4, -0.2) is 17.5 Å². The molecule has 0 amide bonds. The van der Waals surface area contributed by atoms with Gasteiger partial charge < -0.3 is 10.5 Å². The van der Waals surface area contributed by atoms with Crippen LogP contribution in [0.3, 0.4) is 0 Å². The van der Waals surface area contributed by atoms with Crippen LogP contribution in [0.25, 0.3) is 0 Å². The average Bonchev–Trinajstić information content (AvgIpc) is 3.37. The Hall–Kier alpha value is -0.900. The lowest BCUT2D eigenvalue weighted by atomic mass is 10.0. The van der Waals surface area contributed by atoms with Crippen LogP contribution >= 0.6 is 0 Å². The summed E-state index contributed by atoms with van der Waals surface area (Å²) in [5.74, 6) is -0.954. The summed E-state index contributed by atoms with van der Waals surface area (Å²) >= 11 is 0. The van der Waals surface area contributed by atoms with Gasteiger partial charge in [0.05, 0.1) is 0 Å². The van der Waals surface area contributed by atoms with E-state index in [4.69, 9.17) is 10.5 Å². The zero-order valence-corrected chi connectivity index (χ0v) is 17.0. The normalized spacial score (nSPS) is 15.0. The molecule has 0 aromatic carbocycles. The van der Waals surface area contributed by atoms with Crippen molar-refractivity contribution in [3.8, 4) is 0 Å². The number of esters is 2. The number of rotatable bonds is 17. The predicted octanol–water partition coefficient (Wildman–Crippen LogP) is 5.81. The maximum atomic E-state index is 11.6. The fourth-order valence-corrected chi connectivity index (χ4v) is 3.24. The summed E-state index contributed by atoms with van der Waals surface area (Å²) in [7, 11) is 0. The highest BCUT2D eigenvalue weighted by Gasteiger charge is 2.48. The van der Waals surface area contributed by atoms with Crippen LogP contribution < -0.4 is 5.73 Å². The maximum Gasteiger partial charge on any atom is 0.333 e. The second-order valence-electron chi connectivity index (χ2n) is 8.12. The van der Waals surface area contributed by atoms with Gasteiger partial charge >= 0.3 is 11.9 Å². The van der Waals surface area contributed by atoms with E-state index in [2.05, 4.69) is 6.92 Å². The number of hydrogen-bond donors (Lipinski definition) is 1. The number of unbranched alkanes of at least 4 members (excludes halogenated alkanes) is 14. The highest BCUT2D eigenvalue weighted by molar-refractivity contribution is 5.92. The van der Waals surface area contributed by atoms with Crippen LogP contribution in [0.15, 0.2) is 0 Å². The van der Waals surface area contributed by atoms with Gasteiger partial charge in [0.15, 0.2) is 0 Å². The Balaban J connectivity index is 1.75. The van der Waals surface area contributed by atoms with Crippen molar-refractivity contribution in [3.63, 3.8) is 0 Å². The minimum absolute atomic E-state index is 0.333. The molecule has 26 heavy (non-hydrogen) atoms. The lowest BCUT2D eigenvalue weighted by Gasteiger charge is -2.07. The van der Waals surface area contributed by atoms with E-state index in [1.54, 1.807) is 0 Å². The number of carbonyl (C=O) groups excluding carboxylic acids is 2. The highest BCUT2D eigenvalue weighted by atomic mass is 16.6. The summed E-state index contributed by atoms with van der Waals surface area (Å²) in [6.45, 7) is 2.27. The Kier molecular flexibility index (Phi) is 12.6. The third kappa shape index (κ3) is 11.7. The largest absolute Gasteiger partial charge is 0.392 e. The predicted molar refractivity (Wildman–Crippen MR) is 107 cm³/mol. The van der Waals surface area contributed by atoms with Gasteiger partial charge in [-0.15, -0.1) is 0 Å². The van der Waals surface area contributed by atoms with Gasteiger partial charge in [0.1, 0.15) is 5.54 Å². The number of hydrogen-bond acceptors (Lipinski definition) is 4. The van der Waals surface area contributed by atoms with Crippen LogP contribution in [0.4, 0.5) is 0 Å². The molecule has 4 heteroatoms. The van der Waals surface area contributed by atoms with Crippen LogP contribution in [-0.2, 0) is 14.3 Å². The van der Waals surface area contributed by atoms with E-state index in [9.17, 15) is 9.59 Å². The van der Waals surface area contributed by atoms with Crippen LogP contribution in [0.2, 0.25) is 0 Å². The van der Waals surface area contributed by atoms with Crippen molar-refractivity contribution in [2.24, 2.45) is 5.73 Å². The molecule has 0 unspecified atom stereocenters. The monoisotopic (exact) mass is 367 g/mol. The van der Waals surface area contributed by atoms with E-state index in [-0.39, 0.29) is 0 Å². The Labute approximate surface area is 160 Å². The highest BCUT2D eigenvalue weighted by Crippen LogP contribution is 2.33. The molecule has 0 saturated heterocycles. The number of carbonyl (C=O) groups is 2. The zero-order chi connectivity index (χ0) is 19.1. The second kappa shape index (κ2) is 14.2. The van der Waals surface area contributed by atoms with Crippen molar-refractivity contribution in [3.05, 3.63) is 0 Å². The maximum absolute atomic E-state index is 11.6. The first-order valence-electron chi connectivity index (χ1n) is 11.1. The molecule has 0 radical (unpaired) electrons. The minimum Gasteiger partial charge on any atom is -0.392 e. The Morgan fingerprint density at radius 3 is 1.50 bits per heavy atom. The van der Waals surface area contributed by atoms with Crippen molar-refractivity contribution in [1.82, 2.24) is 0 Å². The van der Waals surface area contributed by atoms with Crippen LogP contribution in [0.1, 0.15) is 122 Å². The van der Waals surface area contributed by atoms with Gasteiger partial charge in [0, 0.05) is 6.42 Å². The van der Waals surface area contributed by atoms with E-state index in [1.807, 2.05) is 0 Å². The topological polar surface area (TPSA) is 69.4 Å². The number of nitrogens with two attached hydrogens (primary N) is 1. The van der Waals surface area contributed by atoms with E-state index in [1.165, 1.54) is 83.5 Å². The van der Waals surface area contributed by atoms with Gasteiger partial charge in [0.2, 0.25) is 0 Å². The molecular weight excluding hydrogens is 326 g/mol. The van der Waals surface area contributed by atoms with E-state index in [0.29, 0.717) is 19.3 Å². The summed E-state index contributed by atoms with van der Waals surface area (Å²) in [6, 6.07) is 0. The molecule has 0 atom stereocenters. The smallest absolute Gasteiger partial charge is 0.333 e. The fourth-order valence-electron chi connectivity index (χ4n) is 3.24. The molecular formula is C22H41NO3. The van der Waals surface area contributed by atoms with Crippen molar-refractivity contribution in [1.29, 1.82) is 0 Å². The van der Waals surface area contributed by atoms with E-state index in [0.717, 1.165) is 12.8 Å². The number of ether oxygens (including phenoxy) is 1. The third-order valence-electron chi connectivity index (χ3n) is 5.39. The molecule has 1 fully saturated rings. The summed E-state index contributed by atoms with van der Waals surface area (Å²) in [5.41, 5.74) is 4.84. The molecule has 1 rings (SSSR count). The Bertz CT molecular complexity index is 391. The fraction of sp³-hybridized carbons (Fsp3) is 0.909. The molecule has 0 aromatic heterocycles. The van der Waals surface area contributed by atoms with Crippen molar-refractivity contribution >= 4 is 11.9 Å². The molecule has 0 heterocycles. The van der Waals surface area contributed by atoms with Gasteiger partial charge in [-0.3, -0.25) is 4.79 Å². The Morgan fingerprint density at radius 2 is 1.12 bits per heavy atom. The summed E-state index contributed by atoms with van der Waals surface area (Å²) in [6.07, 6.45) is 21.0. The molecule has 152 valence electrons. The molecule has 0 aromatic rings. The first-order valence-corrected chi connectivity index (χ1v) is 11.1. The standard InChI is InChI=1S/C22H41NO3/c1-2-3-4-5-6-7-8-9-10-11-12-13-14-15-16-17-20(24)26-21(25)22(23)18-19-22/h2-19,23H2,1H3. The van der Waals surface area contributed by atoms with Gasteiger partial charge in [-0.1, -0.05) is 96.8 Å². The summed E-state index contributed by atoms with van der Waals surface area (Å²) < 4.78 is 4.79. The molecule has 1 saturated carbocycles. The van der Waals surface area contributed by atoms with Crippen molar-refractivity contribution in [2.45, 2.75) is 128 Å². The lowest BCUT2D eigenvalue weighted by molar-refractivity contribution is -0.161. The first-order chi connectivity index (χ1) is 12.6. The van der Waals surface area contributed by atoms with Crippen molar-refractivity contribution < 1.29 is 14.3 Å². The molecule has 1 aliphatic carbocycles. The van der Waals surface area contributed by atoms with E-state index < -0.39 is 17.5 Å². The van der Waals surface area contributed by atoms with E-state index >= 15 is 0 Å². The zero-order valence-electron chi connectivity index (χ0n) is 17.0. The molecule has 4 nitrogen and oxygen atoms in total. The Morgan fingerprint density at radius 1 is 0.731 bits per heavy atom. The molecule has 0 aliphatic heterocycles. The van der Waals surface area contributed by atoms with Gasteiger partial charge in [-0.2, -0.15) is 0 Å². The van der Waals surface area contributed by atoms with Crippen molar-refractivity contribution in [2.75, 3.05) is 0 Å². The minimum atomic E-state index is -0.856. The van der Waals surface area contributed by atoms with Crippen LogP contribution in [0.5, 0.6) is 0 Å². The molecule has 1 aliphatic rings. The molecule has 0 spiro atoms. The lowest BCUT2D eigenvalue weighted by Crippen LogP contribution is -2.35. The summed E-state index contributed by atoms with van der Waals surface area (Å²) in [4.78, 5) is 23.1. The SMILES string of the molecule is CCCCCCCCCCCCCCCCCC(=O)OC(=O)C1(N)CC1. The second-order valence-corrected chi connectivity index (χ2v) is 8.12.